The monoisotopic (exact) mass is 411 g/mol. The molecule has 2 N–H and O–H groups in total. The zero-order valence-corrected chi connectivity index (χ0v) is 17.7. The Hall–Kier alpha value is -2.74. The van der Waals surface area contributed by atoms with E-state index in [1.807, 2.05) is 35.6 Å². The van der Waals surface area contributed by atoms with E-state index >= 15 is 0 Å². The zero-order chi connectivity index (χ0) is 20.7. The average molecular weight is 412 g/mol. The van der Waals surface area contributed by atoms with Crippen molar-refractivity contribution in [3.05, 3.63) is 34.8 Å². The minimum absolute atomic E-state index is 0.0434. The van der Waals surface area contributed by atoms with Crippen molar-refractivity contribution in [2.75, 3.05) is 13.1 Å². The summed E-state index contributed by atoms with van der Waals surface area (Å²) in [6.45, 7) is 7.21. The van der Waals surface area contributed by atoms with E-state index in [0.717, 1.165) is 21.6 Å². The molecule has 2 amide bonds. The molecule has 4 rings (SSSR count). The molecule has 152 valence electrons. The zero-order valence-electron chi connectivity index (χ0n) is 16.9. The number of primary amides is 1. The van der Waals surface area contributed by atoms with Crippen LogP contribution in [0, 0.1) is 12.8 Å². The topological polar surface area (TPSA) is 94.1 Å². The SMILES string of the molecule is Cc1ccc(-c2cc(C(=O)N3CCC(C(N)=O)CC3)c3cnn(C(C)C)c3n2)s1. The van der Waals surface area contributed by atoms with Gasteiger partial charge in [0.15, 0.2) is 5.65 Å². The summed E-state index contributed by atoms with van der Waals surface area (Å²) in [5.41, 5.74) is 7.55. The van der Waals surface area contributed by atoms with Crippen molar-refractivity contribution in [1.29, 1.82) is 0 Å². The van der Waals surface area contributed by atoms with E-state index in [0.29, 0.717) is 31.5 Å². The summed E-state index contributed by atoms with van der Waals surface area (Å²) in [6.07, 6.45) is 2.95. The van der Waals surface area contributed by atoms with Crippen LogP contribution in [0.3, 0.4) is 0 Å². The lowest BCUT2D eigenvalue weighted by Gasteiger charge is -2.30. The molecule has 0 aliphatic carbocycles. The number of hydrogen-bond acceptors (Lipinski definition) is 5. The van der Waals surface area contributed by atoms with E-state index in [1.54, 1.807) is 17.5 Å². The molecule has 1 aliphatic heterocycles. The number of rotatable bonds is 4. The number of thiophene rings is 1. The van der Waals surface area contributed by atoms with Crippen LogP contribution in [-0.4, -0.2) is 44.6 Å². The highest BCUT2D eigenvalue weighted by Crippen LogP contribution is 2.31. The van der Waals surface area contributed by atoms with E-state index in [2.05, 4.69) is 18.1 Å². The fraction of sp³-hybridized carbons (Fsp3) is 0.429. The summed E-state index contributed by atoms with van der Waals surface area (Å²) in [4.78, 5) is 33.7. The van der Waals surface area contributed by atoms with Crippen molar-refractivity contribution in [3.8, 4) is 10.6 Å². The predicted molar refractivity (Wildman–Crippen MR) is 114 cm³/mol. The Morgan fingerprint density at radius 1 is 1.24 bits per heavy atom. The molecule has 1 aliphatic rings. The maximum atomic E-state index is 13.4. The van der Waals surface area contributed by atoms with E-state index in [1.165, 1.54) is 4.88 Å². The highest BCUT2D eigenvalue weighted by atomic mass is 32.1. The number of pyridine rings is 1. The van der Waals surface area contributed by atoms with Crippen LogP contribution in [0.5, 0.6) is 0 Å². The van der Waals surface area contributed by atoms with Crippen LogP contribution in [0.2, 0.25) is 0 Å². The number of amides is 2. The number of hydrogen-bond donors (Lipinski definition) is 1. The molecule has 0 bridgehead atoms. The van der Waals surface area contributed by atoms with Crippen LogP contribution in [0.15, 0.2) is 24.4 Å². The summed E-state index contributed by atoms with van der Waals surface area (Å²) < 4.78 is 1.86. The van der Waals surface area contributed by atoms with Crippen LogP contribution in [0.4, 0.5) is 0 Å². The van der Waals surface area contributed by atoms with Gasteiger partial charge in [-0.25, -0.2) is 9.67 Å². The first-order valence-corrected chi connectivity index (χ1v) is 10.7. The summed E-state index contributed by atoms with van der Waals surface area (Å²) in [5.74, 6) is -0.472. The van der Waals surface area contributed by atoms with Gasteiger partial charge in [-0.3, -0.25) is 9.59 Å². The van der Waals surface area contributed by atoms with Crippen molar-refractivity contribution in [2.45, 2.75) is 39.7 Å². The normalized spacial score (nSPS) is 15.4. The largest absolute Gasteiger partial charge is 0.369 e. The smallest absolute Gasteiger partial charge is 0.254 e. The maximum absolute atomic E-state index is 13.4. The lowest BCUT2D eigenvalue weighted by atomic mass is 9.95. The Morgan fingerprint density at radius 2 is 1.97 bits per heavy atom. The second-order valence-corrected chi connectivity index (χ2v) is 9.14. The lowest BCUT2D eigenvalue weighted by Crippen LogP contribution is -2.41. The number of carbonyl (C=O) groups excluding carboxylic acids is 2. The van der Waals surface area contributed by atoms with Gasteiger partial charge in [0.2, 0.25) is 5.91 Å². The van der Waals surface area contributed by atoms with E-state index in [-0.39, 0.29) is 23.8 Å². The van der Waals surface area contributed by atoms with Crippen molar-refractivity contribution in [2.24, 2.45) is 11.7 Å². The van der Waals surface area contributed by atoms with Gasteiger partial charge in [0.05, 0.1) is 27.7 Å². The third-order valence-corrected chi connectivity index (χ3v) is 6.49. The van der Waals surface area contributed by atoms with Gasteiger partial charge in [0.1, 0.15) is 0 Å². The molecule has 0 unspecified atom stereocenters. The van der Waals surface area contributed by atoms with Gasteiger partial charge in [-0.2, -0.15) is 5.10 Å². The molecule has 1 saturated heterocycles. The first-order valence-electron chi connectivity index (χ1n) is 9.89. The number of aromatic nitrogens is 3. The van der Waals surface area contributed by atoms with Crippen LogP contribution < -0.4 is 5.73 Å². The minimum atomic E-state index is -0.281. The van der Waals surface area contributed by atoms with E-state index < -0.39 is 0 Å². The van der Waals surface area contributed by atoms with E-state index in [4.69, 9.17) is 10.7 Å². The van der Waals surface area contributed by atoms with Crippen LogP contribution in [0.25, 0.3) is 21.6 Å². The van der Waals surface area contributed by atoms with Gasteiger partial charge < -0.3 is 10.6 Å². The third kappa shape index (κ3) is 3.64. The molecular formula is C21H25N5O2S. The van der Waals surface area contributed by atoms with E-state index in [9.17, 15) is 9.59 Å². The molecule has 7 nitrogen and oxygen atoms in total. The standard InChI is InChI=1S/C21H25N5O2S/c1-12(2)26-20-16(11-23-26)15(10-17(24-20)18-5-4-13(3)29-18)21(28)25-8-6-14(7-9-25)19(22)27/h4-5,10-12,14H,6-9H2,1-3H3,(H2,22,27). The molecule has 8 heteroatoms. The number of nitrogens with zero attached hydrogens (tertiary/aromatic N) is 4. The average Bonchev–Trinajstić information content (AvgIpc) is 3.33. The number of likely N-dealkylation sites (tertiary alicyclic amines) is 1. The van der Waals surface area contributed by atoms with Crippen molar-refractivity contribution in [3.63, 3.8) is 0 Å². The minimum Gasteiger partial charge on any atom is -0.369 e. The highest BCUT2D eigenvalue weighted by Gasteiger charge is 2.28. The molecule has 0 radical (unpaired) electrons. The van der Waals surface area contributed by atoms with Gasteiger partial charge in [0, 0.05) is 29.9 Å². The van der Waals surface area contributed by atoms with Crippen molar-refractivity contribution in [1.82, 2.24) is 19.7 Å². The molecule has 0 spiro atoms. The van der Waals surface area contributed by atoms with Gasteiger partial charge in [0.25, 0.3) is 5.91 Å². The molecule has 3 aromatic rings. The summed E-state index contributed by atoms with van der Waals surface area (Å²) in [7, 11) is 0. The number of carbonyl (C=O) groups is 2. The Bertz CT molecular complexity index is 1080. The molecule has 0 aromatic carbocycles. The molecule has 3 aromatic heterocycles. The number of nitrogens with two attached hydrogens (primary N) is 1. The van der Waals surface area contributed by atoms with Crippen LogP contribution in [0.1, 0.15) is 48.0 Å². The Balaban J connectivity index is 1.76. The number of aryl methyl sites for hydroxylation is 1. The maximum Gasteiger partial charge on any atom is 0.254 e. The second kappa shape index (κ2) is 7.59. The molecule has 4 heterocycles. The first-order chi connectivity index (χ1) is 13.8. The Labute approximate surface area is 173 Å². The summed E-state index contributed by atoms with van der Waals surface area (Å²) >= 11 is 1.66. The molecule has 1 fully saturated rings. The molecule has 0 atom stereocenters. The van der Waals surface area contributed by atoms with Crippen molar-refractivity contribution >= 4 is 34.2 Å². The third-order valence-electron chi connectivity index (χ3n) is 5.46. The van der Waals surface area contributed by atoms with Gasteiger partial charge in [-0.15, -0.1) is 11.3 Å². The van der Waals surface area contributed by atoms with Gasteiger partial charge in [-0.05, 0) is 51.8 Å². The summed E-state index contributed by atoms with van der Waals surface area (Å²) in [5, 5.41) is 5.25. The fourth-order valence-corrected chi connectivity index (χ4v) is 4.64. The van der Waals surface area contributed by atoms with Gasteiger partial charge in [-0.1, -0.05) is 0 Å². The predicted octanol–water partition coefficient (Wildman–Crippen LogP) is 3.39. The fourth-order valence-electron chi connectivity index (χ4n) is 3.81. The molecule has 29 heavy (non-hydrogen) atoms. The quantitative estimate of drug-likeness (QED) is 0.712. The lowest BCUT2D eigenvalue weighted by molar-refractivity contribution is -0.123. The Morgan fingerprint density at radius 3 is 2.55 bits per heavy atom. The highest BCUT2D eigenvalue weighted by molar-refractivity contribution is 7.15. The van der Waals surface area contributed by atoms with Gasteiger partial charge >= 0.3 is 0 Å². The number of piperidine rings is 1. The Kier molecular flexibility index (Phi) is 5.12. The van der Waals surface area contributed by atoms with Crippen LogP contribution >= 0.6 is 11.3 Å². The first kappa shape index (κ1) is 19.6. The van der Waals surface area contributed by atoms with Crippen LogP contribution in [-0.2, 0) is 4.79 Å². The second-order valence-electron chi connectivity index (χ2n) is 7.85. The number of fused-ring (bicyclic) bond motifs is 1. The molecule has 0 saturated carbocycles. The molecular weight excluding hydrogens is 386 g/mol. The summed E-state index contributed by atoms with van der Waals surface area (Å²) in [6, 6.07) is 6.11. The van der Waals surface area contributed by atoms with Crippen molar-refractivity contribution < 1.29 is 9.59 Å².